The monoisotopic (exact) mass is 300 g/mol. The number of benzene rings is 1. The van der Waals surface area contributed by atoms with Gasteiger partial charge in [-0.3, -0.25) is 4.57 Å². The third kappa shape index (κ3) is 2.55. The van der Waals surface area contributed by atoms with E-state index in [9.17, 15) is 0 Å². The van der Waals surface area contributed by atoms with Gasteiger partial charge in [0.1, 0.15) is 11.6 Å². The first-order chi connectivity index (χ1) is 10.2. The van der Waals surface area contributed by atoms with E-state index in [1.807, 2.05) is 22.8 Å². The van der Waals surface area contributed by atoms with Crippen LogP contribution < -0.4 is 10.5 Å². The van der Waals surface area contributed by atoms with Gasteiger partial charge in [0.2, 0.25) is 0 Å². The first-order valence-electron chi connectivity index (χ1n) is 6.27. The maximum absolute atomic E-state index is 6.09. The van der Waals surface area contributed by atoms with Gasteiger partial charge < -0.3 is 10.5 Å². The zero-order valence-electron chi connectivity index (χ0n) is 11.3. The summed E-state index contributed by atoms with van der Waals surface area (Å²) in [7, 11) is 1.62. The Labute approximate surface area is 127 Å². The van der Waals surface area contributed by atoms with Crippen molar-refractivity contribution in [3.63, 3.8) is 0 Å². The number of ether oxygens (including phenoxy) is 1. The molecule has 3 rings (SSSR count). The van der Waals surface area contributed by atoms with Gasteiger partial charge in [-0.15, -0.1) is 0 Å². The van der Waals surface area contributed by atoms with Crippen molar-refractivity contribution in [2.75, 3.05) is 12.8 Å². The normalized spacial score (nSPS) is 10.6. The Morgan fingerprint density at radius 1 is 1.19 bits per heavy atom. The van der Waals surface area contributed by atoms with Crippen LogP contribution in [0.2, 0.25) is 5.02 Å². The highest BCUT2D eigenvalue weighted by Crippen LogP contribution is 2.30. The van der Waals surface area contributed by atoms with Crippen molar-refractivity contribution >= 4 is 17.4 Å². The second-order valence-corrected chi connectivity index (χ2v) is 4.87. The van der Waals surface area contributed by atoms with Crippen LogP contribution in [0.5, 0.6) is 5.75 Å². The van der Waals surface area contributed by atoms with E-state index in [4.69, 9.17) is 22.1 Å². The van der Waals surface area contributed by atoms with Crippen LogP contribution in [0.3, 0.4) is 0 Å². The van der Waals surface area contributed by atoms with Crippen molar-refractivity contribution in [3.05, 3.63) is 54.1 Å². The minimum absolute atomic E-state index is 0.477. The predicted molar refractivity (Wildman–Crippen MR) is 82.8 cm³/mol. The van der Waals surface area contributed by atoms with Gasteiger partial charge in [0, 0.05) is 16.8 Å². The molecule has 0 fully saturated rings. The molecule has 0 amide bonds. The van der Waals surface area contributed by atoms with Gasteiger partial charge in [-0.05, 0) is 30.3 Å². The van der Waals surface area contributed by atoms with E-state index in [2.05, 4.69) is 9.97 Å². The van der Waals surface area contributed by atoms with Crippen molar-refractivity contribution in [3.8, 4) is 22.7 Å². The summed E-state index contributed by atoms with van der Waals surface area (Å²) in [5, 5.41) is 0.626. The summed E-state index contributed by atoms with van der Waals surface area (Å²) in [5.74, 6) is 1.19. The molecule has 0 aliphatic heterocycles. The van der Waals surface area contributed by atoms with Crippen LogP contribution in [-0.4, -0.2) is 21.6 Å². The van der Waals surface area contributed by atoms with Crippen LogP contribution >= 0.6 is 11.6 Å². The summed E-state index contributed by atoms with van der Waals surface area (Å²) in [5.41, 5.74) is 8.22. The molecule has 2 aromatic heterocycles. The number of rotatable bonds is 3. The number of nitrogens with zero attached hydrogens (tertiary/aromatic N) is 3. The van der Waals surface area contributed by atoms with Crippen molar-refractivity contribution in [1.29, 1.82) is 0 Å². The smallest absolute Gasteiger partial charge is 0.143 e. The van der Waals surface area contributed by atoms with E-state index in [1.54, 1.807) is 38.0 Å². The third-order valence-electron chi connectivity index (χ3n) is 3.12. The van der Waals surface area contributed by atoms with Crippen molar-refractivity contribution in [1.82, 2.24) is 14.5 Å². The second kappa shape index (κ2) is 5.46. The SMILES string of the molecule is COc1ccc(Cl)cc1-n1cncc1-c1ccc(N)nc1. The lowest BCUT2D eigenvalue weighted by molar-refractivity contribution is 0.413. The molecule has 0 saturated carbocycles. The van der Waals surface area contributed by atoms with Gasteiger partial charge in [-0.1, -0.05) is 11.6 Å². The zero-order chi connectivity index (χ0) is 14.8. The summed E-state index contributed by atoms with van der Waals surface area (Å²) in [6.45, 7) is 0. The van der Waals surface area contributed by atoms with Crippen LogP contribution in [0.25, 0.3) is 16.9 Å². The minimum atomic E-state index is 0.477. The van der Waals surface area contributed by atoms with Crippen LogP contribution in [-0.2, 0) is 0 Å². The van der Waals surface area contributed by atoms with Crippen LogP contribution in [0.4, 0.5) is 5.82 Å². The first kappa shape index (κ1) is 13.5. The van der Waals surface area contributed by atoms with E-state index in [1.165, 1.54) is 0 Å². The maximum atomic E-state index is 6.09. The van der Waals surface area contributed by atoms with Gasteiger partial charge in [0.15, 0.2) is 0 Å². The Balaban J connectivity index is 2.15. The van der Waals surface area contributed by atoms with E-state index < -0.39 is 0 Å². The fourth-order valence-electron chi connectivity index (χ4n) is 2.11. The molecule has 2 heterocycles. The largest absolute Gasteiger partial charge is 0.495 e. The number of halogens is 1. The molecular weight excluding hydrogens is 288 g/mol. The van der Waals surface area contributed by atoms with E-state index in [0.717, 1.165) is 16.9 Å². The number of anilines is 1. The summed E-state index contributed by atoms with van der Waals surface area (Å²) in [6, 6.07) is 9.08. The number of imidazole rings is 1. The Hall–Kier alpha value is -2.53. The van der Waals surface area contributed by atoms with Gasteiger partial charge in [-0.25, -0.2) is 9.97 Å². The number of hydrogen-bond acceptors (Lipinski definition) is 4. The highest BCUT2D eigenvalue weighted by atomic mass is 35.5. The first-order valence-corrected chi connectivity index (χ1v) is 6.65. The van der Waals surface area contributed by atoms with Crippen LogP contribution in [0, 0.1) is 0 Å². The minimum Gasteiger partial charge on any atom is -0.495 e. The number of nitrogens with two attached hydrogens (primary N) is 1. The molecule has 0 bridgehead atoms. The quantitative estimate of drug-likeness (QED) is 0.807. The lowest BCUT2D eigenvalue weighted by Gasteiger charge is -2.12. The molecule has 0 aliphatic rings. The number of hydrogen-bond donors (Lipinski definition) is 1. The molecule has 0 radical (unpaired) electrons. The molecule has 0 atom stereocenters. The average molecular weight is 301 g/mol. The number of nitrogen functional groups attached to an aromatic ring is 1. The fourth-order valence-corrected chi connectivity index (χ4v) is 2.28. The summed E-state index contributed by atoms with van der Waals surface area (Å²) < 4.78 is 7.29. The summed E-state index contributed by atoms with van der Waals surface area (Å²) >= 11 is 6.09. The molecule has 0 spiro atoms. The Kier molecular flexibility index (Phi) is 3.50. The molecule has 106 valence electrons. The molecule has 5 nitrogen and oxygen atoms in total. The number of aromatic nitrogens is 3. The zero-order valence-corrected chi connectivity index (χ0v) is 12.1. The lowest BCUT2D eigenvalue weighted by Crippen LogP contribution is -1.99. The Morgan fingerprint density at radius 2 is 2.05 bits per heavy atom. The van der Waals surface area contributed by atoms with E-state index in [-0.39, 0.29) is 0 Å². The van der Waals surface area contributed by atoms with Gasteiger partial charge in [-0.2, -0.15) is 0 Å². The third-order valence-corrected chi connectivity index (χ3v) is 3.36. The molecule has 3 aromatic rings. The topological polar surface area (TPSA) is 66.0 Å². The average Bonchev–Trinajstić information content (AvgIpc) is 2.97. The second-order valence-electron chi connectivity index (χ2n) is 4.44. The molecule has 1 aromatic carbocycles. The lowest BCUT2D eigenvalue weighted by atomic mass is 10.2. The molecule has 2 N–H and O–H groups in total. The van der Waals surface area contributed by atoms with Crippen LogP contribution in [0.1, 0.15) is 0 Å². The number of methoxy groups -OCH3 is 1. The molecule has 0 aliphatic carbocycles. The Morgan fingerprint density at radius 3 is 2.76 bits per heavy atom. The molecule has 21 heavy (non-hydrogen) atoms. The van der Waals surface area contributed by atoms with Gasteiger partial charge >= 0.3 is 0 Å². The van der Waals surface area contributed by atoms with E-state index >= 15 is 0 Å². The van der Waals surface area contributed by atoms with E-state index in [0.29, 0.717) is 16.6 Å². The van der Waals surface area contributed by atoms with Gasteiger partial charge in [0.25, 0.3) is 0 Å². The van der Waals surface area contributed by atoms with Crippen LogP contribution in [0.15, 0.2) is 49.1 Å². The highest BCUT2D eigenvalue weighted by Gasteiger charge is 2.12. The summed E-state index contributed by atoms with van der Waals surface area (Å²) in [4.78, 5) is 8.32. The fraction of sp³-hybridized carbons (Fsp3) is 0.0667. The highest BCUT2D eigenvalue weighted by molar-refractivity contribution is 6.30. The molecule has 0 unspecified atom stereocenters. The Bertz CT molecular complexity index is 768. The summed E-state index contributed by atoms with van der Waals surface area (Å²) in [6.07, 6.45) is 5.17. The number of pyridine rings is 1. The predicted octanol–water partition coefficient (Wildman–Crippen LogP) is 3.18. The maximum Gasteiger partial charge on any atom is 0.143 e. The molecule has 6 heteroatoms. The van der Waals surface area contributed by atoms with Gasteiger partial charge in [0.05, 0.1) is 31.0 Å². The van der Waals surface area contributed by atoms with Crippen molar-refractivity contribution in [2.45, 2.75) is 0 Å². The van der Waals surface area contributed by atoms with Crippen molar-refractivity contribution in [2.24, 2.45) is 0 Å². The molecular formula is C15H13ClN4O. The standard InChI is InChI=1S/C15H13ClN4O/c1-21-14-4-3-11(16)6-12(14)20-9-18-8-13(20)10-2-5-15(17)19-7-10/h2-9H,1H3,(H2,17,19). The van der Waals surface area contributed by atoms with Crippen molar-refractivity contribution < 1.29 is 4.74 Å². The molecule has 0 saturated heterocycles.